The summed E-state index contributed by atoms with van der Waals surface area (Å²) in [4.78, 5) is 0. The van der Waals surface area contributed by atoms with Gasteiger partial charge < -0.3 is 14.0 Å². The van der Waals surface area contributed by atoms with Crippen molar-refractivity contribution < 1.29 is 14.0 Å². The second kappa shape index (κ2) is 6.07. The molecule has 0 aromatic carbocycles. The van der Waals surface area contributed by atoms with E-state index < -0.39 is 15.2 Å². The maximum Gasteiger partial charge on any atom is 0.534 e. The van der Waals surface area contributed by atoms with Gasteiger partial charge in [-0.15, -0.1) is 10.2 Å². The molecule has 0 atom stereocenters. The van der Waals surface area contributed by atoms with Crippen molar-refractivity contribution in [3.8, 4) is 0 Å². The highest BCUT2D eigenvalue weighted by atomic mass is 28.3. The first-order valence-corrected chi connectivity index (χ1v) is 11.5. The molecule has 1 aromatic heterocycles. The van der Waals surface area contributed by atoms with Crippen LogP contribution in [0, 0.1) is 0 Å². The van der Waals surface area contributed by atoms with E-state index in [0.29, 0.717) is 12.5 Å². The fourth-order valence-corrected chi connectivity index (χ4v) is 2.79. The third-order valence-electron chi connectivity index (χ3n) is 4.34. The summed E-state index contributed by atoms with van der Waals surface area (Å²) in [6.07, 6.45) is 1.66. The highest BCUT2D eigenvalue weighted by molar-refractivity contribution is 6.76. The number of rotatable bonds is 6. The van der Waals surface area contributed by atoms with Crippen LogP contribution in [-0.2, 0) is 20.8 Å². The van der Waals surface area contributed by atoms with Gasteiger partial charge in [0.2, 0.25) is 0 Å². The molecule has 0 spiro atoms. The van der Waals surface area contributed by atoms with Gasteiger partial charge in [-0.1, -0.05) is 19.6 Å². The van der Waals surface area contributed by atoms with Crippen LogP contribution >= 0.6 is 0 Å². The minimum Gasteiger partial charge on any atom is -0.397 e. The van der Waals surface area contributed by atoms with E-state index in [0.717, 1.165) is 12.7 Å². The van der Waals surface area contributed by atoms with Gasteiger partial charge in [0.1, 0.15) is 13.1 Å². The minimum absolute atomic E-state index is 0.382. The number of ether oxygens (including phenoxy) is 1. The van der Waals surface area contributed by atoms with Gasteiger partial charge in [0.05, 0.1) is 11.2 Å². The van der Waals surface area contributed by atoms with Gasteiger partial charge in [-0.05, 0) is 33.7 Å². The molecule has 1 saturated heterocycles. The molecule has 124 valence electrons. The molecule has 22 heavy (non-hydrogen) atoms. The van der Waals surface area contributed by atoms with E-state index in [9.17, 15) is 0 Å². The van der Waals surface area contributed by atoms with Crippen molar-refractivity contribution in [1.29, 1.82) is 0 Å². The Bertz CT molecular complexity index is 498. The Hall–Kier alpha value is -0.698. The summed E-state index contributed by atoms with van der Waals surface area (Å²) in [5.74, 6) is 0. The molecule has 6 nitrogen and oxygen atoms in total. The number of aromatic nitrogens is 3. The lowest BCUT2D eigenvalue weighted by Gasteiger charge is -2.32. The van der Waals surface area contributed by atoms with Crippen molar-refractivity contribution in [3.05, 3.63) is 6.33 Å². The average molecular weight is 325 g/mol. The van der Waals surface area contributed by atoms with Crippen molar-refractivity contribution in [1.82, 2.24) is 14.8 Å². The molecule has 0 bridgehead atoms. The van der Waals surface area contributed by atoms with Crippen LogP contribution in [0.25, 0.3) is 0 Å². The normalized spacial score (nSPS) is 20.6. The van der Waals surface area contributed by atoms with Gasteiger partial charge in [-0.3, -0.25) is 4.57 Å². The van der Waals surface area contributed by atoms with E-state index in [-0.39, 0.29) is 11.2 Å². The summed E-state index contributed by atoms with van der Waals surface area (Å²) in [7, 11) is -1.58. The fourth-order valence-electron chi connectivity index (χ4n) is 2.04. The summed E-state index contributed by atoms with van der Waals surface area (Å²) >= 11 is 0. The largest absolute Gasteiger partial charge is 0.534 e. The molecule has 0 unspecified atom stereocenters. The van der Waals surface area contributed by atoms with Crippen molar-refractivity contribution in [2.45, 2.75) is 71.3 Å². The second-order valence-electron chi connectivity index (χ2n) is 8.10. The molecule has 2 rings (SSSR count). The van der Waals surface area contributed by atoms with Gasteiger partial charge >= 0.3 is 7.12 Å². The summed E-state index contributed by atoms with van der Waals surface area (Å²) in [5.41, 5.74) is -0.105. The van der Waals surface area contributed by atoms with E-state index in [1.165, 1.54) is 0 Å². The zero-order chi connectivity index (χ0) is 16.6. The topological polar surface area (TPSA) is 58.4 Å². The quantitative estimate of drug-likeness (QED) is 0.590. The number of nitrogens with zero attached hydrogens (tertiary/aromatic N) is 3. The van der Waals surface area contributed by atoms with Crippen LogP contribution < -0.4 is 5.72 Å². The Labute approximate surface area is 134 Å². The maximum atomic E-state index is 6.02. The predicted octanol–water partition coefficient (Wildman–Crippen LogP) is 1.89. The number of hydrogen-bond donors (Lipinski definition) is 0. The van der Waals surface area contributed by atoms with Crippen LogP contribution in [0.3, 0.4) is 0 Å². The van der Waals surface area contributed by atoms with E-state index in [1.807, 2.05) is 32.3 Å². The van der Waals surface area contributed by atoms with Crippen LogP contribution in [0.4, 0.5) is 0 Å². The molecule has 1 aliphatic rings. The van der Waals surface area contributed by atoms with E-state index in [1.54, 1.807) is 6.33 Å². The lowest BCUT2D eigenvalue weighted by molar-refractivity contribution is 0.00578. The smallest absolute Gasteiger partial charge is 0.397 e. The molecule has 1 fully saturated rings. The zero-order valence-electron chi connectivity index (χ0n) is 14.8. The highest BCUT2D eigenvalue weighted by Crippen LogP contribution is 2.36. The molecule has 8 heteroatoms. The van der Waals surface area contributed by atoms with E-state index in [2.05, 4.69) is 29.8 Å². The predicted molar refractivity (Wildman–Crippen MR) is 89.8 cm³/mol. The van der Waals surface area contributed by atoms with E-state index in [4.69, 9.17) is 14.0 Å². The zero-order valence-corrected chi connectivity index (χ0v) is 15.8. The van der Waals surface area contributed by atoms with Gasteiger partial charge in [0.15, 0.2) is 5.72 Å². The lowest BCUT2D eigenvalue weighted by Crippen LogP contribution is -2.41. The molecule has 0 N–H and O–H groups in total. The van der Waals surface area contributed by atoms with Crippen molar-refractivity contribution in [3.63, 3.8) is 0 Å². The monoisotopic (exact) mass is 325 g/mol. The molecular formula is C14H28BN3O3Si. The van der Waals surface area contributed by atoms with Crippen LogP contribution in [0.15, 0.2) is 6.33 Å². The molecule has 0 amide bonds. The van der Waals surface area contributed by atoms with Gasteiger partial charge in [-0.25, -0.2) is 0 Å². The van der Waals surface area contributed by atoms with Gasteiger partial charge in [0.25, 0.3) is 0 Å². The summed E-state index contributed by atoms with van der Waals surface area (Å²) in [6.45, 7) is 16.3. The summed E-state index contributed by atoms with van der Waals surface area (Å²) < 4.78 is 19.6. The van der Waals surface area contributed by atoms with Gasteiger partial charge in [0, 0.05) is 14.7 Å². The van der Waals surface area contributed by atoms with Gasteiger partial charge in [-0.2, -0.15) is 0 Å². The molecule has 0 aliphatic carbocycles. The molecule has 2 heterocycles. The Morgan fingerprint density at radius 3 is 2.32 bits per heavy atom. The minimum atomic E-state index is -1.07. The fraction of sp³-hybridized carbons (Fsp3) is 0.857. The van der Waals surface area contributed by atoms with Crippen LogP contribution in [0.5, 0.6) is 0 Å². The Balaban J connectivity index is 1.96. The van der Waals surface area contributed by atoms with Crippen LogP contribution in [0.1, 0.15) is 27.7 Å². The molecular weight excluding hydrogens is 297 g/mol. The van der Waals surface area contributed by atoms with Crippen LogP contribution in [-0.4, -0.2) is 47.8 Å². The second-order valence-corrected chi connectivity index (χ2v) is 13.7. The SMILES string of the molecule is CC1(C)OB(c2nncn2COCC[Si](C)(C)C)OC1(C)C. The maximum absolute atomic E-state index is 6.02. The molecule has 1 aliphatic heterocycles. The van der Waals surface area contributed by atoms with Crippen LogP contribution in [0.2, 0.25) is 25.7 Å². The van der Waals surface area contributed by atoms with E-state index >= 15 is 0 Å². The standard InChI is InChI=1S/C14H28BN3O3Si/c1-13(2)14(3,4)21-15(20-13)12-17-16-10-18(12)11-19-8-9-22(5,6)7/h10H,8-9,11H2,1-7H3. The third-order valence-corrected chi connectivity index (χ3v) is 6.04. The Morgan fingerprint density at radius 1 is 1.18 bits per heavy atom. The number of hydrogen-bond acceptors (Lipinski definition) is 5. The summed E-state index contributed by atoms with van der Waals surface area (Å²) in [6, 6.07) is 1.14. The first-order chi connectivity index (χ1) is 10.0. The molecule has 0 radical (unpaired) electrons. The Kier molecular flexibility index (Phi) is 4.87. The molecule has 1 aromatic rings. The average Bonchev–Trinajstić information content (AvgIpc) is 2.87. The molecule has 0 saturated carbocycles. The highest BCUT2D eigenvalue weighted by Gasteiger charge is 2.53. The Morgan fingerprint density at radius 2 is 1.77 bits per heavy atom. The third kappa shape index (κ3) is 3.98. The van der Waals surface area contributed by atoms with Crippen molar-refractivity contribution in [2.75, 3.05) is 6.61 Å². The summed E-state index contributed by atoms with van der Waals surface area (Å²) in [5, 5.41) is 8.12. The first kappa shape index (κ1) is 17.7. The van der Waals surface area contributed by atoms with Crippen molar-refractivity contribution in [2.24, 2.45) is 0 Å². The van der Waals surface area contributed by atoms with Crippen molar-refractivity contribution >= 4 is 20.9 Å². The first-order valence-electron chi connectivity index (χ1n) is 7.83. The lowest BCUT2D eigenvalue weighted by atomic mass is 9.89.